The SMILES string of the molecule is COc1ccc(/C=C/c2ccccc2)c([N+](=O)[O-])c1. The molecule has 0 saturated carbocycles. The summed E-state index contributed by atoms with van der Waals surface area (Å²) in [5, 5.41) is 11.0. The Kier molecular flexibility index (Phi) is 3.93. The van der Waals surface area contributed by atoms with Crippen LogP contribution < -0.4 is 4.74 Å². The molecule has 0 aliphatic carbocycles. The molecule has 0 N–H and O–H groups in total. The number of nitro groups is 1. The maximum Gasteiger partial charge on any atom is 0.280 e. The van der Waals surface area contributed by atoms with Crippen molar-refractivity contribution in [1.29, 1.82) is 0 Å². The van der Waals surface area contributed by atoms with Crippen LogP contribution in [0.2, 0.25) is 0 Å². The van der Waals surface area contributed by atoms with Crippen molar-refractivity contribution in [1.82, 2.24) is 0 Å². The molecule has 0 bridgehead atoms. The van der Waals surface area contributed by atoms with Crippen molar-refractivity contribution < 1.29 is 9.66 Å². The number of hydrogen-bond acceptors (Lipinski definition) is 3. The summed E-state index contributed by atoms with van der Waals surface area (Å²) < 4.78 is 4.99. The molecule has 0 spiro atoms. The Bertz CT molecular complexity index is 606. The number of hydrogen-bond donors (Lipinski definition) is 0. The van der Waals surface area contributed by atoms with Gasteiger partial charge in [0.2, 0.25) is 0 Å². The third kappa shape index (κ3) is 3.19. The molecule has 96 valence electrons. The second kappa shape index (κ2) is 5.82. The van der Waals surface area contributed by atoms with Gasteiger partial charge in [-0.1, -0.05) is 36.4 Å². The number of nitrogens with zero attached hydrogens (tertiary/aromatic N) is 1. The molecule has 0 atom stereocenters. The lowest BCUT2D eigenvalue weighted by Gasteiger charge is -2.02. The molecule has 0 radical (unpaired) electrons. The zero-order chi connectivity index (χ0) is 13.7. The first-order chi connectivity index (χ1) is 9.20. The van der Waals surface area contributed by atoms with E-state index in [-0.39, 0.29) is 5.69 Å². The van der Waals surface area contributed by atoms with Crippen molar-refractivity contribution in [2.45, 2.75) is 0 Å². The summed E-state index contributed by atoms with van der Waals surface area (Å²) in [4.78, 5) is 10.6. The van der Waals surface area contributed by atoms with Crippen LogP contribution in [-0.4, -0.2) is 12.0 Å². The summed E-state index contributed by atoms with van der Waals surface area (Å²) in [5.74, 6) is 0.476. The fourth-order valence-electron chi connectivity index (χ4n) is 1.70. The summed E-state index contributed by atoms with van der Waals surface area (Å²) in [6.45, 7) is 0. The Morgan fingerprint density at radius 1 is 1.11 bits per heavy atom. The van der Waals surface area contributed by atoms with E-state index in [4.69, 9.17) is 4.74 Å². The molecule has 0 amide bonds. The molecule has 0 heterocycles. The van der Waals surface area contributed by atoms with Crippen molar-refractivity contribution >= 4 is 17.8 Å². The van der Waals surface area contributed by atoms with E-state index in [9.17, 15) is 10.1 Å². The second-order valence-corrected chi connectivity index (χ2v) is 3.93. The van der Waals surface area contributed by atoms with Gasteiger partial charge in [0.15, 0.2) is 0 Å². The van der Waals surface area contributed by atoms with Gasteiger partial charge in [0.05, 0.1) is 23.7 Å². The Hall–Kier alpha value is -2.62. The lowest BCUT2D eigenvalue weighted by Crippen LogP contribution is -1.93. The van der Waals surface area contributed by atoms with E-state index in [0.717, 1.165) is 5.56 Å². The molecule has 0 unspecified atom stereocenters. The van der Waals surface area contributed by atoms with Gasteiger partial charge in [-0.25, -0.2) is 0 Å². The summed E-state index contributed by atoms with van der Waals surface area (Å²) in [6, 6.07) is 14.4. The van der Waals surface area contributed by atoms with Gasteiger partial charge in [-0.05, 0) is 23.8 Å². The quantitative estimate of drug-likeness (QED) is 0.474. The van der Waals surface area contributed by atoms with Crippen molar-refractivity contribution in [3.05, 3.63) is 69.8 Å². The first kappa shape index (κ1) is 12.8. The van der Waals surface area contributed by atoms with Crippen LogP contribution in [0.5, 0.6) is 5.75 Å². The van der Waals surface area contributed by atoms with E-state index >= 15 is 0 Å². The van der Waals surface area contributed by atoms with Gasteiger partial charge in [-0.2, -0.15) is 0 Å². The lowest BCUT2D eigenvalue weighted by molar-refractivity contribution is -0.385. The van der Waals surface area contributed by atoms with Crippen molar-refractivity contribution in [3.8, 4) is 5.75 Å². The third-order valence-electron chi connectivity index (χ3n) is 2.69. The smallest absolute Gasteiger partial charge is 0.280 e. The van der Waals surface area contributed by atoms with Crippen LogP contribution in [0.3, 0.4) is 0 Å². The topological polar surface area (TPSA) is 52.4 Å². The fraction of sp³-hybridized carbons (Fsp3) is 0.0667. The summed E-state index contributed by atoms with van der Waals surface area (Å²) in [7, 11) is 1.48. The van der Waals surface area contributed by atoms with Crippen LogP contribution in [0.4, 0.5) is 5.69 Å². The zero-order valence-corrected chi connectivity index (χ0v) is 10.4. The fourth-order valence-corrected chi connectivity index (χ4v) is 1.70. The maximum absolute atomic E-state index is 11.0. The van der Waals surface area contributed by atoms with E-state index < -0.39 is 4.92 Å². The molecule has 0 aliphatic heterocycles. The van der Waals surface area contributed by atoms with Crippen LogP contribution in [0.1, 0.15) is 11.1 Å². The van der Waals surface area contributed by atoms with Crippen LogP contribution in [0.15, 0.2) is 48.5 Å². The Labute approximate surface area is 111 Å². The molecule has 0 aliphatic rings. The van der Waals surface area contributed by atoms with Gasteiger partial charge in [0.1, 0.15) is 5.75 Å². The number of rotatable bonds is 4. The molecule has 0 aromatic heterocycles. The Morgan fingerprint density at radius 2 is 1.84 bits per heavy atom. The highest BCUT2D eigenvalue weighted by Crippen LogP contribution is 2.26. The molecule has 2 aromatic rings. The van der Waals surface area contributed by atoms with Crippen LogP contribution in [0, 0.1) is 10.1 Å². The van der Waals surface area contributed by atoms with E-state index in [2.05, 4.69) is 0 Å². The second-order valence-electron chi connectivity index (χ2n) is 3.93. The zero-order valence-electron chi connectivity index (χ0n) is 10.4. The highest BCUT2D eigenvalue weighted by atomic mass is 16.6. The average Bonchev–Trinajstić information content (AvgIpc) is 2.46. The van der Waals surface area contributed by atoms with E-state index in [1.165, 1.54) is 13.2 Å². The minimum atomic E-state index is -0.410. The van der Waals surface area contributed by atoms with Gasteiger partial charge < -0.3 is 4.74 Å². The summed E-state index contributed by atoms with van der Waals surface area (Å²) >= 11 is 0. The van der Waals surface area contributed by atoms with Gasteiger partial charge in [-0.3, -0.25) is 10.1 Å². The molecule has 2 rings (SSSR count). The van der Waals surface area contributed by atoms with E-state index in [1.54, 1.807) is 18.2 Å². The largest absolute Gasteiger partial charge is 0.497 e. The van der Waals surface area contributed by atoms with Gasteiger partial charge in [0.25, 0.3) is 5.69 Å². The van der Waals surface area contributed by atoms with Crippen LogP contribution >= 0.6 is 0 Å². The standard InChI is InChI=1S/C15H13NO3/c1-19-14-10-9-13(15(11-14)16(17)18)8-7-12-5-3-2-4-6-12/h2-11H,1H3/b8-7+. The third-order valence-corrected chi connectivity index (χ3v) is 2.69. The van der Waals surface area contributed by atoms with Crippen molar-refractivity contribution in [3.63, 3.8) is 0 Å². The molecule has 4 heteroatoms. The van der Waals surface area contributed by atoms with Gasteiger partial charge in [0, 0.05) is 0 Å². The number of nitro benzene ring substituents is 1. The minimum Gasteiger partial charge on any atom is -0.497 e. The monoisotopic (exact) mass is 255 g/mol. The predicted molar refractivity (Wildman–Crippen MR) is 75.0 cm³/mol. The normalized spacial score (nSPS) is 10.6. The van der Waals surface area contributed by atoms with Gasteiger partial charge >= 0.3 is 0 Å². The first-order valence-electron chi connectivity index (χ1n) is 5.76. The molecular weight excluding hydrogens is 242 g/mol. The predicted octanol–water partition coefficient (Wildman–Crippen LogP) is 3.77. The molecule has 2 aromatic carbocycles. The highest BCUT2D eigenvalue weighted by molar-refractivity contribution is 5.74. The van der Waals surface area contributed by atoms with Crippen LogP contribution in [-0.2, 0) is 0 Å². The van der Waals surface area contributed by atoms with Gasteiger partial charge in [-0.15, -0.1) is 0 Å². The Balaban J connectivity index is 2.34. The highest BCUT2D eigenvalue weighted by Gasteiger charge is 2.12. The first-order valence-corrected chi connectivity index (χ1v) is 5.76. The van der Waals surface area contributed by atoms with E-state index in [0.29, 0.717) is 11.3 Å². The average molecular weight is 255 g/mol. The summed E-state index contributed by atoms with van der Waals surface area (Å²) in [5.41, 5.74) is 1.58. The van der Waals surface area contributed by atoms with Crippen molar-refractivity contribution in [2.75, 3.05) is 7.11 Å². The maximum atomic E-state index is 11.0. The molecule has 0 saturated heterocycles. The molecule has 4 nitrogen and oxygen atoms in total. The molecule has 19 heavy (non-hydrogen) atoms. The Morgan fingerprint density at radius 3 is 2.47 bits per heavy atom. The van der Waals surface area contributed by atoms with Crippen LogP contribution in [0.25, 0.3) is 12.2 Å². The number of methoxy groups -OCH3 is 1. The number of benzene rings is 2. The molecular formula is C15H13NO3. The molecule has 0 fully saturated rings. The number of ether oxygens (including phenoxy) is 1. The van der Waals surface area contributed by atoms with Crippen molar-refractivity contribution in [2.24, 2.45) is 0 Å². The summed E-state index contributed by atoms with van der Waals surface area (Å²) in [6.07, 6.45) is 3.57. The minimum absolute atomic E-state index is 0.0338. The lowest BCUT2D eigenvalue weighted by atomic mass is 10.1. The van der Waals surface area contributed by atoms with E-state index in [1.807, 2.05) is 36.4 Å².